The summed E-state index contributed by atoms with van der Waals surface area (Å²) in [6, 6.07) is 12.7. The van der Waals surface area contributed by atoms with Crippen molar-refractivity contribution in [1.29, 1.82) is 0 Å². The van der Waals surface area contributed by atoms with Crippen LogP contribution in [0.15, 0.2) is 54.6 Å². The minimum absolute atomic E-state index is 0.0138. The molecule has 2 aliphatic heterocycles. The van der Waals surface area contributed by atoms with E-state index in [1.54, 1.807) is 29.2 Å². The van der Waals surface area contributed by atoms with E-state index < -0.39 is 66.2 Å². The number of nitrogens with two attached hydrogens (primary N) is 1. The van der Waals surface area contributed by atoms with E-state index in [-0.39, 0.29) is 44.1 Å². The van der Waals surface area contributed by atoms with Gasteiger partial charge in [0.1, 0.15) is 29.7 Å². The van der Waals surface area contributed by atoms with E-state index in [9.17, 15) is 33.6 Å². The number of carboxylic acids is 1. The Labute approximate surface area is 296 Å². The molecule has 2 aromatic rings. The summed E-state index contributed by atoms with van der Waals surface area (Å²) in [6.07, 6.45) is 3.47. The number of rotatable bonds is 17. The molecule has 2 aromatic carbocycles. The summed E-state index contributed by atoms with van der Waals surface area (Å²) in [6.45, 7) is 1.11. The number of carboxylic acid groups (broad SMARTS) is 1. The van der Waals surface area contributed by atoms with Crippen molar-refractivity contribution in [1.82, 2.24) is 20.9 Å². The van der Waals surface area contributed by atoms with Crippen LogP contribution in [0.3, 0.4) is 0 Å². The number of hydrogen-bond acceptors (Lipinski definition) is 8. The fourth-order valence-corrected chi connectivity index (χ4v) is 6.70. The van der Waals surface area contributed by atoms with E-state index in [1.807, 2.05) is 30.3 Å². The van der Waals surface area contributed by atoms with Gasteiger partial charge in [0.05, 0.1) is 0 Å². The molecule has 0 spiro atoms. The highest BCUT2D eigenvalue weighted by molar-refractivity contribution is 5.96. The quantitative estimate of drug-likeness (QED) is 0.162. The van der Waals surface area contributed by atoms with E-state index in [2.05, 4.69) is 16.0 Å². The van der Waals surface area contributed by atoms with Crippen LogP contribution in [0.4, 0.5) is 0 Å². The van der Waals surface area contributed by atoms with Gasteiger partial charge in [-0.25, -0.2) is 4.79 Å². The van der Waals surface area contributed by atoms with Gasteiger partial charge in [0.15, 0.2) is 6.61 Å². The van der Waals surface area contributed by atoms with E-state index in [0.717, 1.165) is 17.5 Å². The van der Waals surface area contributed by atoms with Crippen molar-refractivity contribution in [2.75, 3.05) is 6.61 Å². The average Bonchev–Trinajstić information content (AvgIpc) is 3.52. The Morgan fingerprint density at radius 1 is 0.922 bits per heavy atom. The minimum Gasteiger partial charge on any atom is -0.482 e. The first-order valence-corrected chi connectivity index (χ1v) is 17.4. The van der Waals surface area contributed by atoms with Gasteiger partial charge in [-0.2, -0.15) is 0 Å². The summed E-state index contributed by atoms with van der Waals surface area (Å²) in [4.78, 5) is 90.9. The van der Waals surface area contributed by atoms with Crippen LogP contribution in [0.2, 0.25) is 0 Å². The number of hydrogen-bond donors (Lipinski definition) is 5. The largest absolute Gasteiger partial charge is 0.482 e. The third-order valence-electron chi connectivity index (χ3n) is 9.25. The zero-order valence-corrected chi connectivity index (χ0v) is 28.8. The van der Waals surface area contributed by atoms with Gasteiger partial charge in [0, 0.05) is 31.3 Å². The Balaban J connectivity index is 1.45. The van der Waals surface area contributed by atoms with Gasteiger partial charge in [-0.15, -0.1) is 0 Å². The van der Waals surface area contributed by atoms with Crippen molar-refractivity contribution in [2.24, 2.45) is 11.7 Å². The number of benzene rings is 2. The molecule has 5 amide bonds. The number of nitrogens with zero attached hydrogens (tertiary/aromatic N) is 1. The van der Waals surface area contributed by atoms with Crippen LogP contribution < -0.4 is 26.4 Å². The SMILES string of the molecule is CC(=O)C[C@@H](Cc1ccc(OCC(=O)O)cc1)C(=O)N[C@H]1CCCC[C@H]2CC[C@@H](C(=O)N[C@@H](CCC(N)=O)C(=O)NCc3ccccc3)N2C1=O. The number of ketones is 1. The molecule has 274 valence electrons. The number of carbonyl (C=O) groups excluding carboxylic acids is 6. The minimum atomic E-state index is -1.11. The maximum atomic E-state index is 14.1. The molecule has 2 fully saturated rings. The van der Waals surface area contributed by atoms with E-state index >= 15 is 0 Å². The first-order valence-electron chi connectivity index (χ1n) is 17.4. The molecule has 2 heterocycles. The van der Waals surface area contributed by atoms with Gasteiger partial charge in [-0.1, -0.05) is 55.3 Å². The number of carbonyl (C=O) groups is 7. The number of amides is 5. The van der Waals surface area contributed by atoms with Crippen LogP contribution >= 0.6 is 0 Å². The van der Waals surface area contributed by atoms with Crippen LogP contribution in [-0.4, -0.2) is 82.1 Å². The highest BCUT2D eigenvalue weighted by Gasteiger charge is 2.44. The number of aliphatic carboxylic acids is 1. The molecular weight excluding hydrogens is 658 g/mol. The first kappa shape index (κ1) is 38.5. The first-order chi connectivity index (χ1) is 24.4. The second kappa shape index (κ2) is 18.6. The highest BCUT2D eigenvalue weighted by Crippen LogP contribution is 2.32. The summed E-state index contributed by atoms with van der Waals surface area (Å²) in [5.74, 6) is -4.22. The molecule has 0 bridgehead atoms. The van der Waals surface area contributed by atoms with Crippen molar-refractivity contribution >= 4 is 41.3 Å². The van der Waals surface area contributed by atoms with E-state index in [1.165, 1.54) is 6.92 Å². The lowest BCUT2D eigenvalue weighted by Crippen LogP contribution is -2.58. The zero-order valence-electron chi connectivity index (χ0n) is 28.8. The molecule has 14 nitrogen and oxygen atoms in total. The third kappa shape index (κ3) is 11.6. The molecule has 0 aromatic heterocycles. The Hall–Kier alpha value is -5.27. The number of ether oxygens (including phenoxy) is 1. The van der Waals surface area contributed by atoms with Crippen molar-refractivity contribution in [2.45, 2.75) is 102 Å². The van der Waals surface area contributed by atoms with Gasteiger partial charge < -0.3 is 41.2 Å². The lowest BCUT2D eigenvalue weighted by atomic mass is 9.92. The second-order valence-electron chi connectivity index (χ2n) is 13.2. The lowest BCUT2D eigenvalue weighted by molar-refractivity contribution is -0.145. The van der Waals surface area contributed by atoms with E-state index in [4.69, 9.17) is 15.6 Å². The molecule has 2 aliphatic rings. The third-order valence-corrected chi connectivity index (χ3v) is 9.25. The highest BCUT2D eigenvalue weighted by atomic mass is 16.5. The van der Waals surface area contributed by atoms with E-state index in [0.29, 0.717) is 37.9 Å². The molecule has 14 heteroatoms. The Kier molecular flexibility index (Phi) is 14.1. The Bertz CT molecular complexity index is 1570. The van der Waals surface area contributed by atoms with Gasteiger partial charge >= 0.3 is 5.97 Å². The summed E-state index contributed by atoms with van der Waals surface area (Å²) in [5.41, 5.74) is 6.93. The van der Waals surface area contributed by atoms with Crippen LogP contribution in [-0.2, 0) is 46.5 Å². The Morgan fingerprint density at radius 2 is 1.63 bits per heavy atom. The number of primary amides is 1. The fraction of sp³-hybridized carbons (Fsp3) is 0.486. The van der Waals surface area contributed by atoms with Crippen LogP contribution in [0, 0.1) is 5.92 Å². The predicted molar refractivity (Wildman–Crippen MR) is 185 cm³/mol. The molecule has 5 atom stereocenters. The molecule has 6 N–H and O–H groups in total. The molecule has 0 unspecified atom stereocenters. The summed E-state index contributed by atoms with van der Waals surface area (Å²) < 4.78 is 5.17. The second-order valence-corrected chi connectivity index (χ2v) is 13.2. The summed E-state index contributed by atoms with van der Waals surface area (Å²) in [7, 11) is 0. The number of fused-ring (bicyclic) bond motifs is 1. The lowest BCUT2D eigenvalue weighted by Gasteiger charge is -2.36. The topological polar surface area (TPSA) is 214 Å². The summed E-state index contributed by atoms with van der Waals surface area (Å²) >= 11 is 0. The van der Waals surface area contributed by atoms with Gasteiger partial charge in [-0.3, -0.25) is 24.0 Å². The smallest absolute Gasteiger partial charge is 0.341 e. The van der Waals surface area contributed by atoms with Crippen LogP contribution in [0.1, 0.15) is 75.8 Å². The monoisotopic (exact) mass is 705 g/mol. The van der Waals surface area contributed by atoms with Gasteiger partial charge in [0.25, 0.3) is 0 Å². The molecule has 0 radical (unpaired) electrons. The van der Waals surface area contributed by atoms with Crippen molar-refractivity contribution in [3.05, 3.63) is 65.7 Å². The van der Waals surface area contributed by atoms with Crippen LogP contribution in [0.25, 0.3) is 0 Å². The molecule has 0 saturated carbocycles. The zero-order chi connectivity index (χ0) is 36.9. The molecule has 51 heavy (non-hydrogen) atoms. The number of Topliss-reactive ketones (excluding diaryl/α,β-unsaturated/α-hetero) is 1. The maximum absolute atomic E-state index is 14.1. The normalized spacial score (nSPS) is 19.7. The van der Waals surface area contributed by atoms with Crippen molar-refractivity contribution < 1.29 is 43.4 Å². The Morgan fingerprint density at radius 3 is 2.29 bits per heavy atom. The van der Waals surface area contributed by atoms with Crippen molar-refractivity contribution in [3.63, 3.8) is 0 Å². The molecular formula is C37H47N5O9. The van der Waals surface area contributed by atoms with Crippen LogP contribution in [0.5, 0.6) is 5.75 Å². The standard InChI is InChI=1S/C37H47N5O9/c1-23(43)19-26(20-24-11-14-28(15-12-24)51-22-33(45)46)34(47)41-30-10-6-5-9-27-13-17-31(42(27)37(30)50)36(49)40-29(16-18-32(38)44)35(48)39-21-25-7-3-2-4-8-25/h2-4,7-8,11-12,14-15,26-27,29-31H,5-6,9-10,13,16-22H2,1H3,(H2,38,44)(H,39,48)(H,40,49)(H,41,47)(H,45,46)/t26-,27-,29-,30-,31-/m0/s1. The van der Waals surface area contributed by atoms with Crippen molar-refractivity contribution in [3.8, 4) is 5.75 Å². The molecule has 4 rings (SSSR count). The van der Waals surface area contributed by atoms with Gasteiger partial charge in [0.2, 0.25) is 29.5 Å². The summed E-state index contributed by atoms with van der Waals surface area (Å²) in [5, 5.41) is 17.3. The fourth-order valence-electron chi connectivity index (χ4n) is 6.70. The van der Waals surface area contributed by atoms with Gasteiger partial charge in [-0.05, 0) is 68.7 Å². The molecule has 2 saturated heterocycles. The average molecular weight is 706 g/mol. The number of nitrogens with one attached hydrogen (secondary N) is 3. The maximum Gasteiger partial charge on any atom is 0.341 e. The predicted octanol–water partition coefficient (Wildman–Crippen LogP) is 1.77. The molecule has 0 aliphatic carbocycles.